The van der Waals surface area contributed by atoms with Gasteiger partial charge in [0.1, 0.15) is 17.0 Å². The Hall–Kier alpha value is -2.41. The van der Waals surface area contributed by atoms with Crippen LogP contribution >= 0.6 is 0 Å². The Morgan fingerprint density at radius 2 is 1.97 bits per heavy atom. The Labute approximate surface area is 190 Å². The minimum Gasteiger partial charge on any atom is -0.391 e. The number of rotatable bonds is 6. The van der Waals surface area contributed by atoms with Crippen LogP contribution in [0.3, 0.4) is 0 Å². The highest BCUT2D eigenvalue weighted by atomic mass is 16.3. The predicted molar refractivity (Wildman–Crippen MR) is 123 cm³/mol. The molecule has 2 heterocycles. The van der Waals surface area contributed by atoms with Crippen LogP contribution in [-0.4, -0.2) is 45.5 Å². The molecule has 32 heavy (non-hydrogen) atoms. The van der Waals surface area contributed by atoms with Gasteiger partial charge in [0.05, 0.1) is 6.10 Å². The summed E-state index contributed by atoms with van der Waals surface area (Å²) in [6.45, 7) is 11.3. The number of nitrogens with zero attached hydrogens (tertiary/aromatic N) is 2. The van der Waals surface area contributed by atoms with Crippen LogP contribution in [-0.2, 0) is 0 Å². The van der Waals surface area contributed by atoms with E-state index in [2.05, 4.69) is 29.5 Å². The highest BCUT2D eigenvalue weighted by Crippen LogP contribution is 2.61. The van der Waals surface area contributed by atoms with E-state index in [9.17, 15) is 14.7 Å². The standard InChI is InChI=1S/C25H36N4O3/c1-24(2,3)20(30)13-27-22(31)18-14-29-19(7-6-8-21(29)28-18)23(32)26-12-15-9-10-16-11-17(15)25(16,4)5/h6-8,14-17,20,30H,9-13H2,1-5H3,(H,26,32)(H,27,31)/t15-,16-,17-,20?/m0/s1. The molecule has 0 saturated heterocycles. The maximum atomic E-state index is 13.0. The highest BCUT2D eigenvalue weighted by molar-refractivity contribution is 5.95. The van der Waals surface area contributed by atoms with Crippen molar-refractivity contribution in [3.8, 4) is 0 Å². The molecule has 2 aromatic rings. The fourth-order valence-corrected chi connectivity index (χ4v) is 5.41. The van der Waals surface area contributed by atoms with Crippen LogP contribution in [0.15, 0.2) is 24.4 Å². The molecular weight excluding hydrogens is 404 g/mol. The number of carbonyl (C=O) groups is 2. The van der Waals surface area contributed by atoms with Crippen LogP contribution in [0.4, 0.5) is 0 Å². The molecule has 2 amide bonds. The number of hydrogen-bond acceptors (Lipinski definition) is 4. The lowest BCUT2D eigenvalue weighted by atomic mass is 9.45. The molecule has 2 aromatic heterocycles. The highest BCUT2D eigenvalue weighted by Gasteiger charge is 2.53. The number of aromatic nitrogens is 2. The van der Waals surface area contributed by atoms with E-state index in [-0.39, 0.29) is 29.5 Å². The number of aliphatic hydroxyl groups is 1. The largest absolute Gasteiger partial charge is 0.391 e. The van der Waals surface area contributed by atoms with Gasteiger partial charge in [0.2, 0.25) is 0 Å². The van der Waals surface area contributed by atoms with Crippen LogP contribution in [0.5, 0.6) is 0 Å². The molecule has 174 valence electrons. The van der Waals surface area contributed by atoms with Crippen LogP contribution in [0.1, 0.15) is 74.9 Å². The minimum atomic E-state index is -0.666. The van der Waals surface area contributed by atoms with E-state index < -0.39 is 6.10 Å². The van der Waals surface area contributed by atoms with Gasteiger partial charge in [0, 0.05) is 19.3 Å². The second-order valence-corrected chi connectivity index (χ2v) is 11.3. The third-order valence-electron chi connectivity index (χ3n) is 7.94. The van der Waals surface area contributed by atoms with E-state index in [0.717, 1.165) is 5.92 Å². The molecule has 0 radical (unpaired) electrons. The zero-order chi connectivity index (χ0) is 23.3. The van der Waals surface area contributed by atoms with Gasteiger partial charge in [0.15, 0.2) is 0 Å². The SMILES string of the molecule is CC(C)(C)C(O)CNC(=O)c1cn2c(C(=O)NC[C@@H]3CC[C@H]4C[C@@H]3C4(C)C)cccc2n1. The molecule has 3 N–H and O–H groups in total. The third-order valence-corrected chi connectivity index (χ3v) is 7.94. The Morgan fingerprint density at radius 1 is 1.22 bits per heavy atom. The lowest BCUT2D eigenvalue weighted by molar-refractivity contribution is -0.103. The monoisotopic (exact) mass is 440 g/mol. The van der Waals surface area contributed by atoms with Gasteiger partial charge < -0.3 is 15.7 Å². The molecule has 2 bridgehead atoms. The maximum absolute atomic E-state index is 13.0. The molecule has 7 nitrogen and oxygen atoms in total. The van der Waals surface area contributed by atoms with Crippen LogP contribution in [0.2, 0.25) is 0 Å². The quantitative estimate of drug-likeness (QED) is 0.642. The Bertz CT molecular complexity index is 1020. The lowest BCUT2D eigenvalue weighted by Crippen LogP contribution is -2.54. The first-order valence-corrected chi connectivity index (χ1v) is 11.7. The second-order valence-electron chi connectivity index (χ2n) is 11.3. The Kier molecular flexibility index (Phi) is 5.82. The van der Waals surface area contributed by atoms with E-state index in [4.69, 9.17) is 0 Å². The van der Waals surface area contributed by atoms with Crippen molar-refractivity contribution in [2.24, 2.45) is 28.6 Å². The van der Waals surface area contributed by atoms with Gasteiger partial charge in [-0.15, -0.1) is 0 Å². The average Bonchev–Trinajstić information content (AvgIpc) is 3.19. The van der Waals surface area contributed by atoms with Gasteiger partial charge >= 0.3 is 0 Å². The van der Waals surface area contributed by atoms with E-state index >= 15 is 0 Å². The van der Waals surface area contributed by atoms with Gasteiger partial charge in [-0.05, 0) is 60.0 Å². The summed E-state index contributed by atoms with van der Waals surface area (Å²) in [5.74, 6) is 1.53. The molecule has 0 aromatic carbocycles. The van der Waals surface area contributed by atoms with Crippen molar-refractivity contribution in [2.75, 3.05) is 13.1 Å². The molecule has 3 fully saturated rings. The lowest BCUT2D eigenvalue weighted by Gasteiger charge is -2.60. The molecule has 3 aliphatic carbocycles. The first-order chi connectivity index (χ1) is 15.0. The van der Waals surface area contributed by atoms with E-state index in [1.165, 1.54) is 19.3 Å². The van der Waals surface area contributed by atoms with Gasteiger partial charge in [-0.3, -0.25) is 14.0 Å². The number of pyridine rings is 1. The summed E-state index contributed by atoms with van der Waals surface area (Å²) in [6, 6.07) is 5.30. The number of fused-ring (bicyclic) bond motifs is 3. The summed E-state index contributed by atoms with van der Waals surface area (Å²) in [4.78, 5) is 29.9. The topological polar surface area (TPSA) is 95.7 Å². The normalized spacial score (nSPS) is 25.1. The summed E-state index contributed by atoms with van der Waals surface area (Å²) < 4.78 is 1.66. The number of amides is 2. The predicted octanol–water partition coefficient (Wildman–Crippen LogP) is 3.27. The first kappa shape index (κ1) is 22.8. The van der Waals surface area contributed by atoms with Crippen molar-refractivity contribution in [3.05, 3.63) is 35.8 Å². The zero-order valence-corrected chi connectivity index (χ0v) is 19.8. The van der Waals surface area contributed by atoms with Crippen LogP contribution in [0, 0.1) is 28.6 Å². The van der Waals surface area contributed by atoms with Crippen molar-refractivity contribution in [2.45, 2.75) is 60.0 Å². The Morgan fingerprint density at radius 3 is 2.62 bits per heavy atom. The molecular formula is C25H36N4O3. The van der Waals surface area contributed by atoms with Crippen molar-refractivity contribution in [1.82, 2.24) is 20.0 Å². The van der Waals surface area contributed by atoms with Crippen LogP contribution < -0.4 is 10.6 Å². The first-order valence-electron chi connectivity index (χ1n) is 11.7. The Balaban J connectivity index is 1.42. The summed E-state index contributed by atoms with van der Waals surface area (Å²) >= 11 is 0. The van der Waals surface area contributed by atoms with Gasteiger partial charge in [-0.25, -0.2) is 4.98 Å². The molecule has 0 aliphatic heterocycles. The molecule has 0 spiro atoms. The number of nitrogens with one attached hydrogen (secondary N) is 2. The molecule has 1 unspecified atom stereocenters. The fraction of sp³-hybridized carbons (Fsp3) is 0.640. The van der Waals surface area contributed by atoms with Crippen molar-refractivity contribution in [3.63, 3.8) is 0 Å². The van der Waals surface area contributed by atoms with Crippen LogP contribution in [0.25, 0.3) is 5.65 Å². The average molecular weight is 441 g/mol. The van der Waals surface area contributed by atoms with E-state index in [1.807, 2.05) is 20.8 Å². The van der Waals surface area contributed by atoms with Gasteiger partial charge in [-0.2, -0.15) is 0 Å². The van der Waals surface area contributed by atoms with Crippen molar-refractivity contribution >= 4 is 17.5 Å². The molecule has 3 saturated carbocycles. The van der Waals surface area contributed by atoms with E-state index in [0.29, 0.717) is 35.1 Å². The van der Waals surface area contributed by atoms with Gasteiger partial charge in [0.25, 0.3) is 11.8 Å². The molecule has 3 aliphatic rings. The summed E-state index contributed by atoms with van der Waals surface area (Å²) in [6.07, 6.45) is 4.64. The number of aliphatic hydroxyl groups excluding tert-OH is 1. The summed E-state index contributed by atoms with van der Waals surface area (Å²) in [5, 5.41) is 16.0. The van der Waals surface area contributed by atoms with Gasteiger partial charge in [-0.1, -0.05) is 40.7 Å². The van der Waals surface area contributed by atoms with Crippen molar-refractivity contribution in [1.29, 1.82) is 0 Å². The molecule has 7 heteroatoms. The molecule has 4 atom stereocenters. The summed E-state index contributed by atoms with van der Waals surface area (Å²) in [7, 11) is 0. The smallest absolute Gasteiger partial charge is 0.271 e. The maximum Gasteiger partial charge on any atom is 0.271 e. The second kappa shape index (κ2) is 8.18. The fourth-order valence-electron chi connectivity index (χ4n) is 5.41. The summed E-state index contributed by atoms with van der Waals surface area (Å²) in [5.41, 5.74) is 1.29. The van der Waals surface area contributed by atoms with E-state index in [1.54, 1.807) is 28.8 Å². The van der Waals surface area contributed by atoms with Crippen molar-refractivity contribution < 1.29 is 14.7 Å². The molecule has 5 rings (SSSR count). The number of carbonyl (C=O) groups excluding carboxylic acids is 2. The number of imidazole rings is 1. The zero-order valence-electron chi connectivity index (χ0n) is 19.8. The number of hydrogen-bond donors (Lipinski definition) is 3. The minimum absolute atomic E-state index is 0.142. The third kappa shape index (κ3) is 4.15.